The van der Waals surface area contributed by atoms with Gasteiger partial charge in [0.05, 0.1) is 6.10 Å². The highest BCUT2D eigenvalue weighted by molar-refractivity contribution is 4.87. The van der Waals surface area contributed by atoms with Gasteiger partial charge >= 0.3 is 0 Å². The van der Waals surface area contributed by atoms with Crippen LogP contribution in [0.25, 0.3) is 0 Å². The van der Waals surface area contributed by atoms with Crippen LogP contribution in [0.4, 0.5) is 4.39 Å². The molecule has 10 heavy (non-hydrogen) atoms. The van der Waals surface area contributed by atoms with Crippen LogP contribution in [0, 0.1) is 0 Å². The van der Waals surface area contributed by atoms with E-state index in [9.17, 15) is 4.39 Å². The Morgan fingerprint density at radius 3 is 2.50 bits per heavy atom. The Kier molecular flexibility index (Phi) is 2.87. The highest BCUT2D eigenvalue weighted by atomic mass is 19.1. The molecule has 2 atom stereocenters. The Bertz CT molecular complexity index is 108. The number of aliphatic hydroxyl groups is 1. The maximum absolute atomic E-state index is 12.7. The summed E-state index contributed by atoms with van der Waals surface area (Å²) in [6.45, 7) is 0. The minimum Gasteiger partial charge on any atom is -0.390 e. The van der Waals surface area contributed by atoms with Gasteiger partial charge < -0.3 is 5.11 Å². The van der Waals surface area contributed by atoms with Gasteiger partial charge in [0.2, 0.25) is 0 Å². The SMILES string of the molecule is OC1CC/C=C\CCC1F. The maximum Gasteiger partial charge on any atom is 0.126 e. The van der Waals surface area contributed by atoms with Crippen molar-refractivity contribution in [1.29, 1.82) is 0 Å². The van der Waals surface area contributed by atoms with E-state index in [0.717, 1.165) is 12.8 Å². The monoisotopic (exact) mass is 144 g/mol. The first kappa shape index (κ1) is 7.73. The Labute approximate surface area is 60.6 Å². The molecule has 0 bridgehead atoms. The van der Waals surface area contributed by atoms with Crippen molar-refractivity contribution in [1.82, 2.24) is 0 Å². The zero-order valence-corrected chi connectivity index (χ0v) is 5.96. The van der Waals surface area contributed by atoms with Gasteiger partial charge in [-0.3, -0.25) is 0 Å². The van der Waals surface area contributed by atoms with Crippen molar-refractivity contribution in [2.45, 2.75) is 38.0 Å². The molecule has 1 nitrogen and oxygen atoms in total. The van der Waals surface area contributed by atoms with Crippen LogP contribution in [-0.4, -0.2) is 17.4 Å². The van der Waals surface area contributed by atoms with E-state index in [-0.39, 0.29) is 0 Å². The highest BCUT2D eigenvalue weighted by Gasteiger charge is 2.17. The third-order valence-corrected chi connectivity index (χ3v) is 1.82. The standard InChI is InChI=1S/C8H13FO/c9-7-5-3-1-2-4-6-8(7)10/h1-2,7-8,10H,3-6H2/b2-1-. The molecule has 0 radical (unpaired) electrons. The number of allylic oxidation sites excluding steroid dienone is 2. The largest absolute Gasteiger partial charge is 0.390 e. The molecule has 1 N–H and O–H groups in total. The number of alkyl halides is 1. The molecule has 0 amide bonds. The van der Waals surface area contributed by atoms with Crippen molar-refractivity contribution < 1.29 is 9.50 Å². The molecule has 0 aromatic heterocycles. The summed E-state index contributed by atoms with van der Waals surface area (Å²) in [6.07, 6.45) is 4.86. The summed E-state index contributed by atoms with van der Waals surface area (Å²) in [5.41, 5.74) is 0. The summed E-state index contributed by atoms with van der Waals surface area (Å²) in [5, 5.41) is 9.07. The number of hydrogen-bond donors (Lipinski definition) is 1. The van der Waals surface area contributed by atoms with Crippen molar-refractivity contribution in [2.24, 2.45) is 0 Å². The van der Waals surface area contributed by atoms with Gasteiger partial charge in [-0.15, -0.1) is 0 Å². The van der Waals surface area contributed by atoms with Crippen LogP contribution >= 0.6 is 0 Å². The van der Waals surface area contributed by atoms with Crippen LogP contribution in [0.15, 0.2) is 12.2 Å². The number of halogens is 1. The molecular formula is C8H13FO. The lowest BCUT2D eigenvalue weighted by molar-refractivity contribution is 0.0659. The molecule has 0 fully saturated rings. The van der Waals surface area contributed by atoms with Gasteiger partial charge in [0, 0.05) is 0 Å². The number of rotatable bonds is 0. The maximum atomic E-state index is 12.7. The van der Waals surface area contributed by atoms with Gasteiger partial charge in [0.25, 0.3) is 0 Å². The zero-order valence-electron chi connectivity index (χ0n) is 5.96. The molecule has 0 saturated heterocycles. The summed E-state index contributed by atoms with van der Waals surface area (Å²) in [6, 6.07) is 0. The number of aliphatic hydroxyl groups excluding tert-OH is 1. The molecule has 2 heteroatoms. The summed E-state index contributed by atoms with van der Waals surface area (Å²) in [7, 11) is 0. The fraction of sp³-hybridized carbons (Fsp3) is 0.750. The molecule has 1 rings (SSSR count). The number of hydrogen-bond acceptors (Lipinski definition) is 1. The van der Waals surface area contributed by atoms with E-state index in [4.69, 9.17) is 5.11 Å². The van der Waals surface area contributed by atoms with Gasteiger partial charge in [-0.05, 0) is 25.7 Å². The normalized spacial score (nSPS) is 38.2. The Balaban J connectivity index is 2.40. The average Bonchev–Trinajstić information content (AvgIpc) is 1.92. The molecule has 1 aliphatic carbocycles. The highest BCUT2D eigenvalue weighted by Crippen LogP contribution is 2.15. The zero-order chi connectivity index (χ0) is 7.40. The quantitative estimate of drug-likeness (QED) is 0.514. The topological polar surface area (TPSA) is 20.2 Å². The Morgan fingerprint density at radius 2 is 1.80 bits per heavy atom. The van der Waals surface area contributed by atoms with Crippen LogP contribution in [0.2, 0.25) is 0 Å². The van der Waals surface area contributed by atoms with Crippen LogP contribution in [0.1, 0.15) is 25.7 Å². The van der Waals surface area contributed by atoms with Crippen molar-refractivity contribution >= 4 is 0 Å². The molecule has 2 unspecified atom stereocenters. The third kappa shape index (κ3) is 2.10. The van der Waals surface area contributed by atoms with E-state index in [1.54, 1.807) is 0 Å². The molecule has 1 aliphatic rings. The summed E-state index contributed by atoms with van der Waals surface area (Å²) < 4.78 is 12.7. The van der Waals surface area contributed by atoms with E-state index >= 15 is 0 Å². The fourth-order valence-corrected chi connectivity index (χ4v) is 1.13. The predicted octanol–water partition coefficient (Wildman–Crippen LogP) is 1.82. The summed E-state index contributed by atoms with van der Waals surface area (Å²) in [4.78, 5) is 0. The molecule has 58 valence electrons. The predicted molar refractivity (Wildman–Crippen MR) is 38.5 cm³/mol. The fourth-order valence-electron chi connectivity index (χ4n) is 1.13. The smallest absolute Gasteiger partial charge is 0.126 e. The lowest BCUT2D eigenvalue weighted by Crippen LogP contribution is -2.21. The molecule has 0 heterocycles. The van der Waals surface area contributed by atoms with Crippen LogP contribution in [0.5, 0.6) is 0 Å². The molecule has 0 saturated carbocycles. The van der Waals surface area contributed by atoms with Crippen LogP contribution in [0.3, 0.4) is 0 Å². The van der Waals surface area contributed by atoms with Gasteiger partial charge in [0.15, 0.2) is 0 Å². The average molecular weight is 144 g/mol. The van der Waals surface area contributed by atoms with Crippen molar-refractivity contribution in [3.8, 4) is 0 Å². The van der Waals surface area contributed by atoms with E-state index in [1.807, 2.05) is 12.2 Å². The summed E-state index contributed by atoms with van der Waals surface area (Å²) in [5.74, 6) is 0. The molecule has 0 aromatic rings. The Hall–Kier alpha value is -0.370. The van der Waals surface area contributed by atoms with Gasteiger partial charge in [-0.25, -0.2) is 4.39 Å². The second-order valence-electron chi connectivity index (χ2n) is 2.71. The molecular weight excluding hydrogens is 131 g/mol. The van der Waals surface area contributed by atoms with E-state index in [1.165, 1.54) is 0 Å². The van der Waals surface area contributed by atoms with Crippen molar-refractivity contribution in [3.05, 3.63) is 12.2 Å². The first-order valence-electron chi connectivity index (χ1n) is 3.78. The lowest BCUT2D eigenvalue weighted by Gasteiger charge is -2.15. The van der Waals surface area contributed by atoms with Gasteiger partial charge in [-0.2, -0.15) is 0 Å². The molecule has 0 aromatic carbocycles. The lowest BCUT2D eigenvalue weighted by atomic mass is 10.0. The minimum atomic E-state index is -1.01. The Morgan fingerprint density at radius 1 is 1.20 bits per heavy atom. The second-order valence-corrected chi connectivity index (χ2v) is 2.71. The minimum absolute atomic E-state index is 0.470. The van der Waals surface area contributed by atoms with Gasteiger partial charge in [0.1, 0.15) is 6.17 Å². The van der Waals surface area contributed by atoms with Crippen LogP contribution < -0.4 is 0 Å². The molecule has 0 spiro atoms. The second kappa shape index (κ2) is 3.71. The van der Waals surface area contributed by atoms with Crippen molar-refractivity contribution in [3.63, 3.8) is 0 Å². The van der Waals surface area contributed by atoms with Crippen LogP contribution in [-0.2, 0) is 0 Å². The van der Waals surface area contributed by atoms with Gasteiger partial charge in [-0.1, -0.05) is 12.2 Å². The first-order valence-corrected chi connectivity index (χ1v) is 3.78. The summed E-state index contributed by atoms with van der Waals surface area (Å²) >= 11 is 0. The van der Waals surface area contributed by atoms with E-state index in [0.29, 0.717) is 12.8 Å². The third-order valence-electron chi connectivity index (χ3n) is 1.82. The first-order chi connectivity index (χ1) is 4.80. The van der Waals surface area contributed by atoms with E-state index < -0.39 is 12.3 Å². The molecule has 0 aliphatic heterocycles. The van der Waals surface area contributed by atoms with E-state index in [2.05, 4.69) is 0 Å². The van der Waals surface area contributed by atoms with Crippen molar-refractivity contribution in [2.75, 3.05) is 0 Å².